The number of rotatable bonds is 6. The Morgan fingerprint density at radius 1 is 1.45 bits per heavy atom. The zero-order valence-corrected chi connectivity index (χ0v) is 11.7. The molecule has 1 aromatic rings. The summed E-state index contributed by atoms with van der Waals surface area (Å²) in [4.78, 5) is 9.96. The van der Waals surface area contributed by atoms with Crippen molar-refractivity contribution >= 4 is 15.7 Å². The van der Waals surface area contributed by atoms with Crippen molar-refractivity contribution in [1.82, 2.24) is 10.0 Å². The largest absolute Gasteiger partial charge is 0.314 e. The van der Waals surface area contributed by atoms with Gasteiger partial charge in [-0.05, 0) is 31.9 Å². The Kier molecular flexibility index (Phi) is 4.69. The number of benzene rings is 1. The summed E-state index contributed by atoms with van der Waals surface area (Å²) in [5.74, 6) is 0. The minimum Gasteiger partial charge on any atom is -0.314 e. The second-order valence-electron chi connectivity index (χ2n) is 4.73. The van der Waals surface area contributed by atoms with Crippen molar-refractivity contribution < 1.29 is 13.3 Å². The first-order valence-corrected chi connectivity index (χ1v) is 7.95. The molecule has 0 amide bonds. The summed E-state index contributed by atoms with van der Waals surface area (Å²) >= 11 is 0. The second-order valence-corrected chi connectivity index (χ2v) is 6.50. The molecular weight excluding hydrogens is 282 g/mol. The van der Waals surface area contributed by atoms with Crippen LogP contribution in [-0.2, 0) is 10.0 Å². The summed E-state index contributed by atoms with van der Waals surface area (Å²) in [6.07, 6.45) is 2.88. The number of hydrogen-bond acceptors (Lipinski definition) is 5. The van der Waals surface area contributed by atoms with E-state index in [1.807, 2.05) is 0 Å². The van der Waals surface area contributed by atoms with Gasteiger partial charge in [-0.25, -0.2) is 13.1 Å². The lowest BCUT2D eigenvalue weighted by atomic mass is 10.2. The lowest BCUT2D eigenvalue weighted by Gasteiger charge is -2.11. The number of hydrogen-bond donors (Lipinski definition) is 2. The second kappa shape index (κ2) is 6.29. The van der Waals surface area contributed by atoms with Crippen LogP contribution in [0.25, 0.3) is 0 Å². The lowest BCUT2D eigenvalue weighted by Crippen LogP contribution is -2.30. The van der Waals surface area contributed by atoms with Crippen LogP contribution in [0.1, 0.15) is 19.3 Å². The molecule has 0 spiro atoms. The Morgan fingerprint density at radius 2 is 2.25 bits per heavy atom. The van der Waals surface area contributed by atoms with Gasteiger partial charge in [-0.1, -0.05) is 6.07 Å². The third kappa shape index (κ3) is 3.75. The maximum atomic E-state index is 12.0. The molecule has 0 aliphatic carbocycles. The van der Waals surface area contributed by atoms with E-state index in [0.717, 1.165) is 25.5 Å². The quantitative estimate of drug-likeness (QED) is 0.603. The summed E-state index contributed by atoms with van der Waals surface area (Å²) in [6.45, 7) is 1.30. The van der Waals surface area contributed by atoms with E-state index < -0.39 is 14.9 Å². The molecule has 1 unspecified atom stereocenters. The first-order valence-electron chi connectivity index (χ1n) is 6.46. The molecule has 2 N–H and O–H groups in total. The van der Waals surface area contributed by atoms with Crippen LogP contribution in [0, 0.1) is 10.1 Å². The highest BCUT2D eigenvalue weighted by Gasteiger charge is 2.19. The highest BCUT2D eigenvalue weighted by Crippen LogP contribution is 2.17. The third-order valence-electron chi connectivity index (χ3n) is 3.29. The van der Waals surface area contributed by atoms with Gasteiger partial charge < -0.3 is 5.32 Å². The lowest BCUT2D eigenvalue weighted by molar-refractivity contribution is -0.385. The van der Waals surface area contributed by atoms with Gasteiger partial charge in [0.15, 0.2) is 0 Å². The fourth-order valence-electron chi connectivity index (χ4n) is 2.22. The maximum Gasteiger partial charge on any atom is 0.270 e. The van der Waals surface area contributed by atoms with Gasteiger partial charge >= 0.3 is 0 Å². The van der Waals surface area contributed by atoms with Crippen LogP contribution in [0.4, 0.5) is 5.69 Å². The molecule has 1 fully saturated rings. The van der Waals surface area contributed by atoms with Gasteiger partial charge in [0, 0.05) is 24.7 Å². The molecule has 0 radical (unpaired) electrons. The van der Waals surface area contributed by atoms with Gasteiger partial charge in [0.05, 0.1) is 9.82 Å². The highest BCUT2D eigenvalue weighted by atomic mass is 32.2. The molecule has 1 atom stereocenters. The zero-order chi connectivity index (χ0) is 14.6. The first-order chi connectivity index (χ1) is 9.49. The van der Waals surface area contributed by atoms with Gasteiger partial charge in [-0.15, -0.1) is 0 Å². The SMILES string of the molecule is O=[N+]([O-])c1cccc(S(=O)(=O)NCCC2CCCN2)c1. The van der Waals surface area contributed by atoms with Gasteiger partial charge in [0.2, 0.25) is 10.0 Å². The van der Waals surface area contributed by atoms with E-state index in [4.69, 9.17) is 0 Å². The summed E-state index contributed by atoms with van der Waals surface area (Å²) in [5.41, 5.74) is -0.231. The smallest absolute Gasteiger partial charge is 0.270 e. The number of nitrogens with one attached hydrogen (secondary N) is 2. The predicted molar refractivity (Wildman–Crippen MR) is 73.9 cm³/mol. The van der Waals surface area contributed by atoms with Crippen LogP contribution in [0.3, 0.4) is 0 Å². The molecule has 7 nitrogen and oxygen atoms in total. The van der Waals surface area contributed by atoms with Crippen LogP contribution in [0.15, 0.2) is 29.2 Å². The number of sulfonamides is 1. The van der Waals surface area contributed by atoms with Crippen LogP contribution < -0.4 is 10.0 Å². The third-order valence-corrected chi connectivity index (χ3v) is 4.74. The summed E-state index contributed by atoms with van der Waals surface area (Å²) in [7, 11) is -3.69. The van der Waals surface area contributed by atoms with E-state index >= 15 is 0 Å². The van der Waals surface area contributed by atoms with E-state index in [1.165, 1.54) is 18.2 Å². The minimum atomic E-state index is -3.69. The molecule has 20 heavy (non-hydrogen) atoms. The summed E-state index contributed by atoms with van der Waals surface area (Å²) in [6, 6.07) is 5.40. The monoisotopic (exact) mass is 299 g/mol. The fourth-order valence-corrected chi connectivity index (χ4v) is 3.31. The Bertz CT molecular complexity index is 582. The Labute approximate surface area is 117 Å². The van der Waals surface area contributed by atoms with Gasteiger partial charge in [-0.3, -0.25) is 10.1 Å². The van der Waals surface area contributed by atoms with Crippen molar-refractivity contribution in [3.8, 4) is 0 Å². The Morgan fingerprint density at radius 3 is 2.90 bits per heavy atom. The zero-order valence-electron chi connectivity index (χ0n) is 10.9. The van der Waals surface area contributed by atoms with Crippen molar-refractivity contribution in [2.75, 3.05) is 13.1 Å². The molecule has 110 valence electrons. The average Bonchev–Trinajstić information content (AvgIpc) is 2.92. The average molecular weight is 299 g/mol. The molecule has 1 aliphatic heterocycles. The van der Waals surface area contributed by atoms with Crippen molar-refractivity contribution in [2.24, 2.45) is 0 Å². The number of nitrogens with zero attached hydrogens (tertiary/aromatic N) is 1. The summed E-state index contributed by atoms with van der Waals surface area (Å²) < 4.78 is 26.5. The highest BCUT2D eigenvalue weighted by molar-refractivity contribution is 7.89. The minimum absolute atomic E-state index is 0.0777. The molecule has 8 heteroatoms. The molecule has 0 saturated carbocycles. The van der Waals surface area contributed by atoms with Crippen molar-refractivity contribution in [3.63, 3.8) is 0 Å². The summed E-state index contributed by atoms with van der Waals surface area (Å²) in [5, 5.41) is 13.9. The maximum absolute atomic E-state index is 12.0. The van der Waals surface area contributed by atoms with E-state index in [-0.39, 0.29) is 10.6 Å². The molecule has 1 aliphatic rings. The topological polar surface area (TPSA) is 101 Å². The molecule has 1 aromatic carbocycles. The number of non-ortho nitro benzene ring substituents is 1. The molecule has 0 aromatic heterocycles. The fraction of sp³-hybridized carbons (Fsp3) is 0.500. The van der Waals surface area contributed by atoms with Crippen LogP contribution in [0.5, 0.6) is 0 Å². The normalized spacial score (nSPS) is 19.1. The molecular formula is C12H17N3O4S. The Balaban J connectivity index is 1.98. The van der Waals surface area contributed by atoms with Crippen molar-refractivity contribution in [1.29, 1.82) is 0 Å². The van der Waals surface area contributed by atoms with Gasteiger partial charge in [-0.2, -0.15) is 0 Å². The number of nitro groups is 1. The standard InChI is InChI=1S/C12H17N3O4S/c16-15(17)11-4-1-5-12(9-11)20(18,19)14-8-6-10-3-2-7-13-10/h1,4-5,9-10,13-14H,2-3,6-8H2. The van der Waals surface area contributed by atoms with Crippen LogP contribution >= 0.6 is 0 Å². The van der Waals surface area contributed by atoms with Crippen molar-refractivity contribution in [2.45, 2.75) is 30.2 Å². The predicted octanol–water partition coefficient (Wildman–Crippen LogP) is 1.02. The number of nitro benzene ring substituents is 1. The van der Waals surface area contributed by atoms with Gasteiger partial charge in [0.25, 0.3) is 5.69 Å². The molecule has 1 saturated heterocycles. The van der Waals surface area contributed by atoms with E-state index in [2.05, 4.69) is 10.0 Å². The van der Waals surface area contributed by atoms with Crippen LogP contribution in [0.2, 0.25) is 0 Å². The van der Waals surface area contributed by atoms with Gasteiger partial charge in [0.1, 0.15) is 0 Å². The Hall–Kier alpha value is -1.51. The molecule has 0 bridgehead atoms. The van der Waals surface area contributed by atoms with E-state index in [1.54, 1.807) is 0 Å². The molecule has 1 heterocycles. The molecule has 2 rings (SSSR count). The van der Waals surface area contributed by atoms with E-state index in [9.17, 15) is 18.5 Å². The van der Waals surface area contributed by atoms with Crippen LogP contribution in [-0.4, -0.2) is 32.5 Å². The van der Waals surface area contributed by atoms with Crippen molar-refractivity contribution in [3.05, 3.63) is 34.4 Å². The first kappa shape index (κ1) is 14.9. The van der Waals surface area contributed by atoms with E-state index in [0.29, 0.717) is 19.0 Å².